The number of benzene rings is 2. The van der Waals surface area contributed by atoms with Gasteiger partial charge in [0.25, 0.3) is 5.91 Å². The molecule has 6 nitrogen and oxygen atoms in total. The molecule has 1 saturated heterocycles. The number of rotatable bonds is 5. The number of para-hydroxylation sites is 2. The Morgan fingerprint density at radius 1 is 1.14 bits per heavy atom. The standard InChI is InChI=1S/C21H25FN2O4S/c1-14-10-15(2)13-24(12-14)29(26,27)16-8-9-18(22)17(11-16)21(25)23-19-6-4-5-7-20(19)28-3/h4-9,11,14-15H,10,12-13H2,1-3H3,(H,23,25)/t14-,15-/m1/s1. The molecule has 2 aromatic carbocycles. The van der Waals surface area contributed by atoms with Crippen molar-refractivity contribution >= 4 is 21.6 Å². The van der Waals surface area contributed by atoms with Crippen LogP contribution in [-0.2, 0) is 10.0 Å². The summed E-state index contributed by atoms with van der Waals surface area (Å²) in [5.74, 6) is -0.646. The fraction of sp³-hybridized carbons (Fsp3) is 0.381. The predicted octanol–water partition coefficient (Wildman–Crippen LogP) is 3.75. The zero-order valence-electron chi connectivity index (χ0n) is 16.7. The van der Waals surface area contributed by atoms with Crippen molar-refractivity contribution in [2.45, 2.75) is 25.2 Å². The minimum atomic E-state index is -3.82. The van der Waals surface area contributed by atoms with Gasteiger partial charge in [-0.15, -0.1) is 0 Å². The van der Waals surface area contributed by atoms with Crippen molar-refractivity contribution in [3.05, 3.63) is 53.8 Å². The Bertz CT molecular complexity index is 999. The van der Waals surface area contributed by atoms with Crippen LogP contribution < -0.4 is 10.1 Å². The van der Waals surface area contributed by atoms with Crippen molar-refractivity contribution in [2.24, 2.45) is 11.8 Å². The topological polar surface area (TPSA) is 75.7 Å². The van der Waals surface area contributed by atoms with Gasteiger partial charge in [-0.3, -0.25) is 4.79 Å². The highest BCUT2D eigenvalue weighted by molar-refractivity contribution is 7.89. The molecule has 3 rings (SSSR count). The molecular weight excluding hydrogens is 395 g/mol. The third-order valence-corrected chi connectivity index (χ3v) is 6.84. The van der Waals surface area contributed by atoms with Gasteiger partial charge in [0.05, 0.1) is 23.3 Å². The Hall–Kier alpha value is -2.45. The summed E-state index contributed by atoms with van der Waals surface area (Å²) in [6.45, 7) is 4.84. The maximum Gasteiger partial charge on any atom is 0.258 e. The van der Waals surface area contributed by atoms with Gasteiger partial charge in [0.15, 0.2) is 0 Å². The molecule has 1 aliphatic rings. The van der Waals surface area contributed by atoms with Crippen LogP contribution >= 0.6 is 0 Å². The van der Waals surface area contributed by atoms with Gasteiger partial charge in [-0.25, -0.2) is 12.8 Å². The quantitative estimate of drug-likeness (QED) is 0.799. The number of piperidine rings is 1. The number of ether oxygens (including phenoxy) is 1. The van der Waals surface area contributed by atoms with E-state index < -0.39 is 21.7 Å². The highest BCUT2D eigenvalue weighted by Gasteiger charge is 2.32. The number of sulfonamides is 1. The first-order valence-electron chi connectivity index (χ1n) is 9.46. The van der Waals surface area contributed by atoms with E-state index in [2.05, 4.69) is 5.32 Å². The second-order valence-electron chi connectivity index (χ2n) is 7.56. The van der Waals surface area contributed by atoms with Crippen LogP contribution in [0.2, 0.25) is 0 Å². The van der Waals surface area contributed by atoms with Crippen LogP contribution in [-0.4, -0.2) is 38.8 Å². The molecule has 0 unspecified atom stereocenters. The van der Waals surface area contributed by atoms with Crippen molar-refractivity contribution < 1.29 is 22.3 Å². The van der Waals surface area contributed by atoms with E-state index >= 15 is 0 Å². The molecule has 1 N–H and O–H groups in total. The summed E-state index contributed by atoms with van der Waals surface area (Å²) in [6.07, 6.45) is 0.960. The van der Waals surface area contributed by atoms with Gasteiger partial charge in [-0.2, -0.15) is 4.31 Å². The van der Waals surface area contributed by atoms with E-state index in [9.17, 15) is 17.6 Å². The lowest BCUT2D eigenvalue weighted by Crippen LogP contribution is -2.42. The Labute approximate surface area is 170 Å². The number of anilines is 1. The van der Waals surface area contributed by atoms with Crippen molar-refractivity contribution in [3.8, 4) is 5.75 Å². The summed E-state index contributed by atoms with van der Waals surface area (Å²) < 4.78 is 47.1. The maximum atomic E-state index is 14.4. The third kappa shape index (κ3) is 4.59. The first-order chi connectivity index (χ1) is 13.7. The molecule has 0 bridgehead atoms. The van der Waals surface area contributed by atoms with Gasteiger partial charge >= 0.3 is 0 Å². The predicted molar refractivity (Wildman–Crippen MR) is 109 cm³/mol. The largest absolute Gasteiger partial charge is 0.495 e. The Balaban J connectivity index is 1.90. The molecule has 0 radical (unpaired) electrons. The van der Waals surface area contributed by atoms with Gasteiger partial charge in [-0.1, -0.05) is 26.0 Å². The van der Waals surface area contributed by atoms with Gasteiger partial charge in [0.2, 0.25) is 10.0 Å². The molecule has 1 fully saturated rings. The van der Waals surface area contributed by atoms with E-state index in [1.165, 1.54) is 17.5 Å². The lowest BCUT2D eigenvalue weighted by Gasteiger charge is -2.34. The molecule has 1 heterocycles. The van der Waals surface area contributed by atoms with E-state index in [0.29, 0.717) is 24.5 Å². The fourth-order valence-corrected chi connectivity index (χ4v) is 5.43. The summed E-state index contributed by atoms with van der Waals surface area (Å²) in [6, 6.07) is 10.0. The average Bonchev–Trinajstić information content (AvgIpc) is 2.67. The number of carbonyl (C=O) groups excluding carboxylic acids is 1. The number of methoxy groups -OCH3 is 1. The molecule has 29 heavy (non-hydrogen) atoms. The summed E-state index contributed by atoms with van der Waals surface area (Å²) in [7, 11) is -2.37. The molecule has 0 aliphatic carbocycles. The number of amides is 1. The molecule has 2 atom stereocenters. The zero-order valence-corrected chi connectivity index (χ0v) is 17.5. The molecule has 156 valence electrons. The lowest BCUT2D eigenvalue weighted by atomic mass is 9.94. The van der Waals surface area contributed by atoms with E-state index in [1.54, 1.807) is 24.3 Å². The Morgan fingerprint density at radius 2 is 1.79 bits per heavy atom. The number of nitrogens with one attached hydrogen (secondary N) is 1. The normalized spacial score (nSPS) is 20.3. The minimum Gasteiger partial charge on any atom is -0.495 e. The van der Waals surface area contributed by atoms with E-state index in [-0.39, 0.29) is 22.3 Å². The van der Waals surface area contributed by atoms with Crippen LogP contribution in [0.1, 0.15) is 30.6 Å². The molecular formula is C21H25FN2O4S. The van der Waals surface area contributed by atoms with E-state index in [1.807, 2.05) is 13.8 Å². The summed E-state index contributed by atoms with van der Waals surface area (Å²) in [5.41, 5.74) is 0.0291. The molecule has 0 spiro atoms. The monoisotopic (exact) mass is 420 g/mol. The average molecular weight is 421 g/mol. The number of carbonyl (C=O) groups is 1. The molecule has 0 saturated carbocycles. The lowest BCUT2D eigenvalue weighted by molar-refractivity contribution is 0.102. The van der Waals surface area contributed by atoms with Crippen LogP contribution in [0.15, 0.2) is 47.4 Å². The van der Waals surface area contributed by atoms with Crippen LogP contribution in [0, 0.1) is 17.7 Å². The highest BCUT2D eigenvalue weighted by Crippen LogP contribution is 2.28. The summed E-state index contributed by atoms with van der Waals surface area (Å²) >= 11 is 0. The molecule has 8 heteroatoms. The molecule has 1 amide bonds. The van der Waals surface area contributed by atoms with Crippen molar-refractivity contribution in [1.29, 1.82) is 0 Å². The second-order valence-corrected chi connectivity index (χ2v) is 9.50. The van der Waals surface area contributed by atoms with Crippen molar-refractivity contribution in [3.63, 3.8) is 0 Å². The number of halogens is 1. The Morgan fingerprint density at radius 3 is 2.45 bits per heavy atom. The highest BCUT2D eigenvalue weighted by atomic mass is 32.2. The molecule has 1 aliphatic heterocycles. The van der Waals surface area contributed by atoms with Crippen molar-refractivity contribution in [1.82, 2.24) is 4.31 Å². The summed E-state index contributed by atoms with van der Waals surface area (Å²) in [4.78, 5) is 12.6. The Kier molecular flexibility index (Phi) is 6.24. The van der Waals surface area contributed by atoms with Crippen LogP contribution in [0.25, 0.3) is 0 Å². The van der Waals surface area contributed by atoms with Crippen LogP contribution in [0.3, 0.4) is 0 Å². The summed E-state index contributed by atoms with van der Waals surface area (Å²) in [5, 5.41) is 2.58. The number of nitrogens with zero attached hydrogens (tertiary/aromatic N) is 1. The molecule has 0 aromatic heterocycles. The number of hydrogen-bond acceptors (Lipinski definition) is 4. The van der Waals surface area contributed by atoms with Gasteiger partial charge in [0.1, 0.15) is 11.6 Å². The maximum absolute atomic E-state index is 14.4. The fourth-order valence-electron chi connectivity index (χ4n) is 3.73. The first kappa shape index (κ1) is 21.3. The van der Waals surface area contributed by atoms with Gasteiger partial charge < -0.3 is 10.1 Å². The third-order valence-electron chi connectivity index (χ3n) is 5.01. The number of hydrogen-bond donors (Lipinski definition) is 1. The van der Waals surface area contributed by atoms with E-state index in [0.717, 1.165) is 18.6 Å². The van der Waals surface area contributed by atoms with Crippen molar-refractivity contribution in [2.75, 3.05) is 25.5 Å². The zero-order chi connectivity index (χ0) is 21.2. The van der Waals surface area contributed by atoms with Gasteiger partial charge in [-0.05, 0) is 48.6 Å². The minimum absolute atomic E-state index is 0.0922. The first-order valence-corrected chi connectivity index (χ1v) is 10.9. The van der Waals surface area contributed by atoms with Crippen LogP contribution in [0.5, 0.6) is 5.75 Å². The van der Waals surface area contributed by atoms with Gasteiger partial charge in [0, 0.05) is 13.1 Å². The SMILES string of the molecule is COc1ccccc1NC(=O)c1cc(S(=O)(=O)N2C[C@H](C)C[C@@H](C)C2)ccc1F. The van der Waals surface area contributed by atoms with E-state index in [4.69, 9.17) is 4.74 Å². The molecule has 2 aromatic rings. The smallest absolute Gasteiger partial charge is 0.258 e. The second kappa shape index (κ2) is 8.51. The van der Waals surface area contributed by atoms with Crippen LogP contribution in [0.4, 0.5) is 10.1 Å².